The van der Waals surface area contributed by atoms with Gasteiger partial charge < -0.3 is 4.74 Å². The first-order valence-electron chi connectivity index (χ1n) is 4.50. The van der Waals surface area contributed by atoms with Crippen LogP contribution in [0.3, 0.4) is 0 Å². The van der Waals surface area contributed by atoms with Crippen molar-refractivity contribution in [2.45, 2.75) is 20.8 Å². The summed E-state index contributed by atoms with van der Waals surface area (Å²) < 4.78 is 5.40. The van der Waals surface area contributed by atoms with Crippen LogP contribution in [0.2, 0.25) is 5.02 Å². The highest BCUT2D eigenvalue weighted by molar-refractivity contribution is 6.31. The van der Waals surface area contributed by atoms with Crippen LogP contribution in [0.1, 0.15) is 29.8 Å². The maximum atomic E-state index is 11.3. The second kappa shape index (κ2) is 4.47. The first kappa shape index (κ1) is 11.1. The number of carbonyl (C=O) groups excluding carboxylic acids is 1. The Bertz CT molecular complexity index is 359. The number of benzene rings is 1. The van der Waals surface area contributed by atoms with Gasteiger partial charge in [0.05, 0.1) is 12.2 Å². The molecule has 0 fully saturated rings. The van der Waals surface area contributed by atoms with Crippen LogP contribution in [-0.4, -0.2) is 12.4 Å². The summed E-state index contributed by atoms with van der Waals surface area (Å²) in [5.41, 5.74) is 1.45. The fourth-order valence-corrected chi connectivity index (χ4v) is 1.60. The summed E-state index contributed by atoms with van der Waals surface area (Å²) in [5.74, 6) is 0.614. The van der Waals surface area contributed by atoms with Crippen molar-refractivity contribution in [1.29, 1.82) is 0 Å². The van der Waals surface area contributed by atoms with Gasteiger partial charge in [-0.25, -0.2) is 0 Å². The maximum absolute atomic E-state index is 11.3. The van der Waals surface area contributed by atoms with Crippen LogP contribution in [0.5, 0.6) is 5.75 Å². The van der Waals surface area contributed by atoms with Gasteiger partial charge in [-0.1, -0.05) is 11.6 Å². The van der Waals surface area contributed by atoms with Crippen molar-refractivity contribution in [2.75, 3.05) is 6.61 Å². The van der Waals surface area contributed by atoms with Crippen molar-refractivity contribution >= 4 is 17.4 Å². The Morgan fingerprint density at radius 3 is 2.64 bits per heavy atom. The van der Waals surface area contributed by atoms with Crippen LogP contribution in [0.15, 0.2) is 12.1 Å². The molecule has 0 aliphatic heterocycles. The van der Waals surface area contributed by atoms with E-state index in [0.717, 1.165) is 5.56 Å². The van der Waals surface area contributed by atoms with Crippen molar-refractivity contribution in [3.8, 4) is 5.75 Å². The molecule has 0 unspecified atom stereocenters. The normalized spacial score (nSPS) is 10.0. The van der Waals surface area contributed by atoms with Crippen molar-refractivity contribution in [3.05, 3.63) is 28.3 Å². The fraction of sp³-hybridized carbons (Fsp3) is 0.364. The Hall–Kier alpha value is -1.02. The van der Waals surface area contributed by atoms with Gasteiger partial charge in [0, 0.05) is 5.02 Å². The minimum atomic E-state index is -0.0287. The molecule has 76 valence electrons. The van der Waals surface area contributed by atoms with E-state index in [1.165, 1.54) is 6.92 Å². The summed E-state index contributed by atoms with van der Waals surface area (Å²) in [6.07, 6.45) is 0. The molecule has 0 aliphatic carbocycles. The van der Waals surface area contributed by atoms with Crippen LogP contribution in [0.25, 0.3) is 0 Å². The van der Waals surface area contributed by atoms with Gasteiger partial charge in [0.15, 0.2) is 5.78 Å². The zero-order valence-corrected chi connectivity index (χ0v) is 9.31. The molecule has 1 rings (SSSR count). The molecule has 3 heteroatoms. The Morgan fingerprint density at radius 1 is 1.50 bits per heavy atom. The monoisotopic (exact) mass is 212 g/mol. The number of hydrogen-bond acceptors (Lipinski definition) is 2. The molecular formula is C11H13ClO2. The van der Waals surface area contributed by atoms with Gasteiger partial charge in [0.25, 0.3) is 0 Å². The van der Waals surface area contributed by atoms with Crippen LogP contribution >= 0.6 is 11.6 Å². The SMILES string of the molecule is CCOc1c(C)cc(Cl)cc1C(C)=O. The highest BCUT2D eigenvalue weighted by Crippen LogP contribution is 2.28. The van der Waals surface area contributed by atoms with E-state index in [2.05, 4.69) is 0 Å². The third-order valence-corrected chi connectivity index (χ3v) is 2.13. The smallest absolute Gasteiger partial charge is 0.163 e. The minimum Gasteiger partial charge on any atom is -0.493 e. The topological polar surface area (TPSA) is 26.3 Å². The lowest BCUT2D eigenvalue weighted by atomic mass is 10.1. The summed E-state index contributed by atoms with van der Waals surface area (Å²) in [6.45, 7) is 5.82. The molecule has 0 aromatic heterocycles. The Labute approximate surface area is 88.8 Å². The van der Waals surface area contributed by atoms with Crippen molar-refractivity contribution in [1.82, 2.24) is 0 Å². The molecule has 0 saturated carbocycles. The van der Waals surface area contributed by atoms with Gasteiger partial charge in [0.2, 0.25) is 0 Å². The zero-order chi connectivity index (χ0) is 10.7. The van der Waals surface area contributed by atoms with E-state index in [1.54, 1.807) is 12.1 Å². The lowest BCUT2D eigenvalue weighted by Crippen LogP contribution is -2.02. The predicted octanol–water partition coefficient (Wildman–Crippen LogP) is 3.25. The number of halogens is 1. The quantitative estimate of drug-likeness (QED) is 0.719. The zero-order valence-electron chi connectivity index (χ0n) is 8.56. The van der Waals surface area contributed by atoms with Gasteiger partial charge in [-0.15, -0.1) is 0 Å². The molecule has 0 amide bonds. The number of carbonyl (C=O) groups is 1. The van der Waals surface area contributed by atoms with Gasteiger partial charge in [-0.3, -0.25) is 4.79 Å². The summed E-state index contributed by atoms with van der Waals surface area (Å²) in [7, 11) is 0. The molecule has 0 atom stereocenters. The molecule has 0 saturated heterocycles. The number of ketones is 1. The molecule has 14 heavy (non-hydrogen) atoms. The largest absolute Gasteiger partial charge is 0.493 e. The summed E-state index contributed by atoms with van der Waals surface area (Å²) >= 11 is 5.86. The van der Waals surface area contributed by atoms with Crippen LogP contribution in [0.4, 0.5) is 0 Å². The number of rotatable bonds is 3. The Kier molecular flexibility index (Phi) is 3.53. The number of hydrogen-bond donors (Lipinski definition) is 0. The first-order valence-corrected chi connectivity index (χ1v) is 4.88. The molecule has 0 radical (unpaired) electrons. The summed E-state index contributed by atoms with van der Waals surface area (Å²) in [4.78, 5) is 11.3. The van der Waals surface area contributed by atoms with E-state index in [0.29, 0.717) is 22.9 Å². The maximum Gasteiger partial charge on any atom is 0.163 e. The second-order valence-electron chi connectivity index (χ2n) is 3.09. The van der Waals surface area contributed by atoms with Crippen molar-refractivity contribution < 1.29 is 9.53 Å². The highest BCUT2D eigenvalue weighted by Gasteiger charge is 2.12. The van der Waals surface area contributed by atoms with Gasteiger partial charge >= 0.3 is 0 Å². The summed E-state index contributed by atoms with van der Waals surface area (Å²) in [6, 6.07) is 3.43. The van der Waals surface area contributed by atoms with E-state index < -0.39 is 0 Å². The van der Waals surface area contributed by atoms with Gasteiger partial charge in [-0.2, -0.15) is 0 Å². The molecule has 0 heterocycles. The van der Waals surface area contributed by atoms with Gasteiger partial charge in [-0.05, 0) is 38.5 Å². The van der Waals surface area contributed by atoms with Crippen LogP contribution < -0.4 is 4.74 Å². The molecule has 1 aromatic carbocycles. The highest BCUT2D eigenvalue weighted by atomic mass is 35.5. The molecule has 2 nitrogen and oxygen atoms in total. The van der Waals surface area contributed by atoms with E-state index in [9.17, 15) is 4.79 Å². The predicted molar refractivity (Wildman–Crippen MR) is 57.4 cm³/mol. The lowest BCUT2D eigenvalue weighted by Gasteiger charge is -2.11. The molecule has 0 spiro atoms. The average Bonchev–Trinajstić information content (AvgIpc) is 2.09. The van der Waals surface area contributed by atoms with Crippen molar-refractivity contribution in [2.24, 2.45) is 0 Å². The number of ether oxygens (including phenoxy) is 1. The fourth-order valence-electron chi connectivity index (χ4n) is 1.33. The van der Waals surface area contributed by atoms with Crippen LogP contribution in [0, 0.1) is 6.92 Å². The van der Waals surface area contributed by atoms with E-state index in [4.69, 9.17) is 16.3 Å². The van der Waals surface area contributed by atoms with Crippen LogP contribution in [-0.2, 0) is 0 Å². The second-order valence-corrected chi connectivity index (χ2v) is 3.53. The molecule has 0 N–H and O–H groups in total. The first-order chi connectivity index (χ1) is 6.56. The standard InChI is InChI=1S/C11H13ClO2/c1-4-14-11-7(2)5-9(12)6-10(11)8(3)13/h5-6H,4H2,1-3H3. The molecule has 0 bridgehead atoms. The Balaban J connectivity index is 3.28. The van der Waals surface area contributed by atoms with Gasteiger partial charge in [0.1, 0.15) is 5.75 Å². The average molecular weight is 213 g/mol. The number of Topliss-reactive ketones (excluding diaryl/α,β-unsaturated/α-hetero) is 1. The van der Waals surface area contributed by atoms with E-state index in [-0.39, 0.29) is 5.78 Å². The Morgan fingerprint density at radius 2 is 2.14 bits per heavy atom. The van der Waals surface area contributed by atoms with E-state index in [1.807, 2.05) is 13.8 Å². The lowest BCUT2D eigenvalue weighted by molar-refractivity contribution is 0.101. The van der Waals surface area contributed by atoms with E-state index >= 15 is 0 Å². The molecule has 0 aliphatic rings. The molecular weight excluding hydrogens is 200 g/mol. The third kappa shape index (κ3) is 2.26. The summed E-state index contributed by atoms with van der Waals surface area (Å²) in [5, 5.41) is 0.566. The van der Waals surface area contributed by atoms with Crippen molar-refractivity contribution in [3.63, 3.8) is 0 Å². The molecule has 1 aromatic rings. The minimum absolute atomic E-state index is 0.0287. The number of aryl methyl sites for hydroxylation is 1. The third-order valence-electron chi connectivity index (χ3n) is 1.91.